The lowest BCUT2D eigenvalue weighted by atomic mass is 10.2. The molecule has 18 heavy (non-hydrogen) atoms. The van der Waals surface area contributed by atoms with Crippen LogP contribution in [-0.2, 0) is 20.7 Å². The van der Waals surface area contributed by atoms with E-state index in [1.807, 2.05) is 0 Å². The fourth-order valence-corrected chi connectivity index (χ4v) is 3.65. The van der Waals surface area contributed by atoms with Crippen molar-refractivity contribution in [2.75, 3.05) is 7.11 Å². The predicted molar refractivity (Wildman–Crippen MR) is 75.7 cm³/mol. The van der Waals surface area contributed by atoms with Gasteiger partial charge in [0, 0.05) is 0 Å². The second-order valence-electron chi connectivity index (χ2n) is 3.11. The van der Waals surface area contributed by atoms with Crippen LogP contribution in [-0.4, -0.2) is 23.0 Å². The third-order valence-electron chi connectivity index (χ3n) is 1.96. The van der Waals surface area contributed by atoms with Crippen LogP contribution in [0.1, 0.15) is 4.88 Å². The van der Waals surface area contributed by atoms with Crippen LogP contribution in [0.4, 0.5) is 0 Å². The third-order valence-corrected chi connectivity index (χ3v) is 5.23. The van der Waals surface area contributed by atoms with Crippen molar-refractivity contribution >= 4 is 67.4 Å². The summed E-state index contributed by atoms with van der Waals surface area (Å²) in [6, 6.07) is 1.70. The molecule has 0 aromatic carbocycles. The van der Waals surface area contributed by atoms with Crippen molar-refractivity contribution in [1.82, 2.24) is 4.72 Å². The maximum absolute atomic E-state index is 11.5. The van der Waals surface area contributed by atoms with E-state index in [0.717, 1.165) is 8.66 Å². The molecule has 0 amide bonds. The number of nitrogens with zero attached hydrogens (tertiary/aromatic N) is 1. The second kappa shape index (κ2) is 5.52. The highest BCUT2D eigenvalue weighted by Gasteiger charge is 2.20. The van der Waals surface area contributed by atoms with Crippen molar-refractivity contribution in [2.45, 2.75) is 0 Å². The predicted octanol–water partition coefficient (Wildman–Crippen LogP) is 2.30. The van der Waals surface area contributed by atoms with Gasteiger partial charge >= 0.3 is 5.97 Å². The number of halogens is 2. The van der Waals surface area contributed by atoms with Gasteiger partial charge in [-0.05, 0) is 28.1 Å². The minimum atomic E-state index is -1.70. The first-order valence-electron chi connectivity index (χ1n) is 4.53. The Kier molecular flexibility index (Phi) is 4.21. The summed E-state index contributed by atoms with van der Waals surface area (Å²) in [6.07, 6.45) is 1.47. The van der Waals surface area contributed by atoms with Gasteiger partial charge in [0.2, 0.25) is 11.2 Å². The number of ether oxygens (including phenoxy) is 1. The average molecular weight is 370 g/mol. The Morgan fingerprint density at radius 3 is 2.94 bits per heavy atom. The van der Waals surface area contributed by atoms with Crippen molar-refractivity contribution in [1.29, 1.82) is 0 Å². The summed E-state index contributed by atoms with van der Waals surface area (Å²) in [7, 11) is 1.24. The van der Waals surface area contributed by atoms with Gasteiger partial charge in [-0.3, -0.25) is 4.72 Å². The van der Waals surface area contributed by atoms with Crippen LogP contribution in [0.3, 0.4) is 0 Å². The lowest BCUT2D eigenvalue weighted by Crippen LogP contribution is -2.25. The SMILES string of the molecule is COC(=O)C1=NS(=O)NC(c2cc(Cl)c(Br)s2)=C1. The van der Waals surface area contributed by atoms with Crippen LogP contribution in [0.2, 0.25) is 5.02 Å². The minimum Gasteiger partial charge on any atom is -0.464 e. The molecule has 0 fully saturated rings. The summed E-state index contributed by atoms with van der Waals surface area (Å²) < 4.78 is 23.1. The molecule has 0 saturated heterocycles. The van der Waals surface area contributed by atoms with Crippen molar-refractivity contribution < 1.29 is 13.7 Å². The van der Waals surface area contributed by atoms with E-state index in [4.69, 9.17) is 11.6 Å². The molecular formula is C9H6BrClN2O3S2. The number of carbonyl (C=O) groups is 1. The average Bonchev–Trinajstić information content (AvgIpc) is 2.68. The molecule has 0 aliphatic carbocycles. The van der Waals surface area contributed by atoms with Gasteiger partial charge in [-0.2, -0.15) is 4.40 Å². The molecule has 0 saturated carbocycles. The number of methoxy groups -OCH3 is 1. The summed E-state index contributed by atoms with van der Waals surface area (Å²) in [5, 5.41) is 0.547. The van der Waals surface area contributed by atoms with Gasteiger partial charge in [0.1, 0.15) is 0 Å². The highest BCUT2D eigenvalue weighted by molar-refractivity contribution is 9.11. The molecule has 1 aliphatic heterocycles. The Bertz CT molecular complexity index is 577. The van der Waals surface area contributed by atoms with E-state index in [1.54, 1.807) is 6.07 Å². The summed E-state index contributed by atoms with van der Waals surface area (Å²) >= 11 is 8.86. The fraction of sp³-hybridized carbons (Fsp3) is 0.111. The summed E-state index contributed by atoms with van der Waals surface area (Å²) in [6.45, 7) is 0. The van der Waals surface area contributed by atoms with Crippen LogP contribution in [0.25, 0.3) is 5.70 Å². The van der Waals surface area contributed by atoms with E-state index in [-0.39, 0.29) is 5.71 Å². The maximum atomic E-state index is 11.5. The Hall–Kier alpha value is -0.700. The Balaban J connectivity index is 2.39. The van der Waals surface area contributed by atoms with Gasteiger partial charge in [0.25, 0.3) is 0 Å². The van der Waals surface area contributed by atoms with Crippen molar-refractivity contribution in [2.24, 2.45) is 4.40 Å². The highest BCUT2D eigenvalue weighted by atomic mass is 79.9. The first kappa shape index (κ1) is 13.7. The number of esters is 1. The van der Waals surface area contributed by atoms with E-state index < -0.39 is 17.1 Å². The quantitative estimate of drug-likeness (QED) is 0.813. The molecule has 1 aliphatic rings. The highest BCUT2D eigenvalue weighted by Crippen LogP contribution is 2.35. The number of rotatable bonds is 2. The number of nitrogens with one attached hydrogen (secondary N) is 1. The molecule has 1 unspecified atom stereocenters. The largest absolute Gasteiger partial charge is 0.464 e. The molecule has 1 aromatic rings. The van der Waals surface area contributed by atoms with Crippen LogP contribution in [0, 0.1) is 0 Å². The molecule has 1 atom stereocenters. The van der Waals surface area contributed by atoms with E-state index in [2.05, 4.69) is 29.8 Å². The van der Waals surface area contributed by atoms with E-state index in [0.29, 0.717) is 10.7 Å². The zero-order valence-corrected chi connectivity index (χ0v) is 12.9. The lowest BCUT2D eigenvalue weighted by molar-refractivity contribution is -0.132. The first-order valence-corrected chi connectivity index (χ1v) is 7.63. The van der Waals surface area contributed by atoms with Crippen molar-refractivity contribution in [3.63, 3.8) is 0 Å². The fourth-order valence-electron chi connectivity index (χ4n) is 1.20. The molecule has 1 N–H and O–H groups in total. The van der Waals surface area contributed by atoms with E-state index in [1.165, 1.54) is 24.5 Å². The zero-order valence-electron chi connectivity index (χ0n) is 8.90. The molecule has 0 bridgehead atoms. The zero-order chi connectivity index (χ0) is 13.3. The third kappa shape index (κ3) is 2.82. The van der Waals surface area contributed by atoms with E-state index in [9.17, 15) is 9.00 Å². The molecule has 96 valence electrons. The van der Waals surface area contributed by atoms with Crippen LogP contribution in [0.5, 0.6) is 0 Å². The first-order chi connectivity index (χ1) is 8.51. The Labute approximate surface area is 123 Å². The number of hydrogen-bond acceptors (Lipinski definition) is 4. The molecular weight excluding hydrogens is 364 g/mol. The molecule has 1 aromatic heterocycles. The molecule has 0 spiro atoms. The maximum Gasteiger partial charge on any atom is 0.357 e. The van der Waals surface area contributed by atoms with Gasteiger partial charge < -0.3 is 4.74 Å². The molecule has 5 nitrogen and oxygen atoms in total. The van der Waals surface area contributed by atoms with Gasteiger partial charge in [-0.15, -0.1) is 11.3 Å². The van der Waals surface area contributed by atoms with Crippen LogP contribution in [0.15, 0.2) is 20.3 Å². The van der Waals surface area contributed by atoms with Crippen LogP contribution >= 0.6 is 38.9 Å². The van der Waals surface area contributed by atoms with E-state index >= 15 is 0 Å². The number of carbonyl (C=O) groups excluding carboxylic acids is 1. The number of thiophene rings is 1. The second-order valence-corrected chi connectivity index (χ2v) is 6.77. The summed E-state index contributed by atoms with van der Waals surface area (Å²) in [4.78, 5) is 12.1. The normalized spacial score (nSPS) is 18.7. The molecule has 0 radical (unpaired) electrons. The van der Waals surface area contributed by atoms with Crippen molar-refractivity contribution in [3.05, 3.63) is 25.8 Å². The standard InChI is InChI=1S/C9H6BrClN2O3S2/c1-16-9(14)6-3-5(12-18(15)13-6)7-2-4(11)8(10)17-7/h2-3,12H,1H3. The monoisotopic (exact) mass is 368 g/mol. The Morgan fingerprint density at radius 2 is 2.39 bits per heavy atom. The Morgan fingerprint density at radius 1 is 1.67 bits per heavy atom. The van der Waals surface area contributed by atoms with Crippen molar-refractivity contribution in [3.8, 4) is 0 Å². The van der Waals surface area contributed by atoms with Gasteiger partial charge in [-0.1, -0.05) is 11.6 Å². The molecule has 2 heterocycles. The minimum absolute atomic E-state index is 0.00484. The van der Waals surface area contributed by atoms with Crippen LogP contribution < -0.4 is 4.72 Å². The van der Waals surface area contributed by atoms with Gasteiger partial charge in [0.05, 0.1) is 26.5 Å². The number of hydrogen-bond donors (Lipinski definition) is 1. The summed E-state index contributed by atoms with van der Waals surface area (Å²) in [5.74, 6) is -0.635. The smallest absolute Gasteiger partial charge is 0.357 e. The summed E-state index contributed by atoms with van der Waals surface area (Å²) in [5.41, 5.74) is 0.520. The molecule has 9 heteroatoms. The topological polar surface area (TPSA) is 67.8 Å². The van der Waals surface area contributed by atoms with Gasteiger partial charge in [0.15, 0.2) is 5.71 Å². The lowest BCUT2D eigenvalue weighted by Gasteiger charge is -2.11. The molecule has 2 rings (SSSR count). The van der Waals surface area contributed by atoms with Gasteiger partial charge in [-0.25, -0.2) is 9.00 Å².